The summed E-state index contributed by atoms with van der Waals surface area (Å²) in [4.78, 5) is 23.5. The number of aromatic nitrogens is 2. The number of carbonyl (C=O) groups excluding carboxylic acids is 1. The molecule has 1 heterocycles. The molecule has 0 aliphatic rings. The van der Waals surface area contributed by atoms with E-state index < -0.39 is 6.09 Å². The molecular weight excluding hydrogens is 330 g/mol. The van der Waals surface area contributed by atoms with Crippen LogP contribution in [-0.4, -0.2) is 22.9 Å². The Kier molecular flexibility index (Phi) is 4.48. The number of hydrogen-bond donors (Lipinski definition) is 2. The van der Waals surface area contributed by atoms with E-state index in [1.165, 1.54) is 0 Å². The minimum atomic E-state index is -0.587. The Morgan fingerprint density at radius 2 is 2.00 bits per heavy atom. The molecule has 2 aromatic carbocycles. The van der Waals surface area contributed by atoms with Gasteiger partial charge in [0.15, 0.2) is 0 Å². The number of halogens is 1. The lowest BCUT2D eigenvalue weighted by atomic mass is 10.0. The smallest absolute Gasteiger partial charge is 0.411 e. The van der Waals surface area contributed by atoms with Crippen LogP contribution < -0.4 is 10.9 Å². The second-order valence-corrected chi connectivity index (χ2v) is 5.39. The first kappa shape index (κ1) is 16.0. The van der Waals surface area contributed by atoms with E-state index in [0.29, 0.717) is 32.7 Å². The van der Waals surface area contributed by atoms with Crippen LogP contribution in [-0.2, 0) is 4.74 Å². The summed E-state index contributed by atoms with van der Waals surface area (Å²) in [5.74, 6) is 0. The van der Waals surface area contributed by atoms with E-state index >= 15 is 0 Å². The van der Waals surface area contributed by atoms with E-state index in [-0.39, 0.29) is 12.2 Å². The van der Waals surface area contributed by atoms with Gasteiger partial charge in [-0.15, -0.1) is 0 Å². The predicted octanol–water partition coefficient (Wildman–Crippen LogP) is 3.81. The highest BCUT2D eigenvalue weighted by Crippen LogP contribution is 2.30. The van der Waals surface area contributed by atoms with Crippen molar-refractivity contribution < 1.29 is 9.53 Å². The van der Waals surface area contributed by atoms with Gasteiger partial charge in [-0.3, -0.25) is 10.1 Å². The zero-order valence-corrected chi connectivity index (χ0v) is 13.6. The molecule has 3 rings (SSSR count). The standard InChI is InChI=1S/C17H14ClN3O3/c1-2-24-17(23)19-14-9-10(7-8-13(14)18)15-11-5-3-4-6-12(11)16(22)21-20-15/h3-9H,2H2,1H3,(H,19,23)(H,21,22). The van der Waals surface area contributed by atoms with Gasteiger partial charge in [-0.1, -0.05) is 35.9 Å². The van der Waals surface area contributed by atoms with Crippen LogP contribution >= 0.6 is 11.6 Å². The maximum absolute atomic E-state index is 11.9. The number of H-pyrrole nitrogens is 1. The van der Waals surface area contributed by atoms with Crippen molar-refractivity contribution in [3.8, 4) is 11.3 Å². The van der Waals surface area contributed by atoms with Crippen molar-refractivity contribution in [2.24, 2.45) is 0 Å². The fourth-order valence-corrected chi connectivity index (χ4v) is 2.55. The van der Waals surface area contributed by atoms with Crippen LogP contribution in [0.1, 0.15) is 6.92 Å². The maximum Gasteiger partial charge on any atom is 0.411 e. The summed E-state index contributed by atoms with van der Waals surface area (Å²) in [6, 6.07) is 12.3. The largest absolute Gasteiger partial charge is 0.450 e. The highest BCUT2D eigenvalue weighted by atomic mass is 35.5. The van der Waals surface area contributed by atoms with Gasteiger partial charge >= 0.3 is 6.09 Å². The molecule has 3 aromatic rings. The van der Waals surface area contributed by atoms with E-state index in [4.69, 9.17) is 16.3 Å². The van der Waals surface area contributed by atoms with Crippen molar-refractivity contribution in [1.29, 1.82) is 0 Å². The van der Waals surface area contributed by atoms with Crippen LogP contribution in [0.25, 0.3) is 22.0 Å². The third-order valence-electron chi connectivity index (χ3n) is 3.45. The molecule has 0 saturated carbocycles. The summed E-state index contributed by atoms with van der Waals surface area (Å²) in [6.07, 6.45) is -0.587. The van der Waals surface area contributed by atoms with Gasteiger partial charge in [-0.05, 0) is 25.1 Å². The Morgan fingerprint density at radius 3 is 2.75 bits per heavy atom. The first-order chi connectivity index (χ1) is 11.6. The van der Waals surface area contributed by atoms with Gasteiger partial charge in [0.2, 0.25) is 0 Å². The number of amides is 1. The molecule has 1 amide bonds. The molecule has 0 aliphatic heterocycles. The summed E-state index contributed by atoms with van der Waals surface area (Å²) in [7, 11) is 0. The normalized spacial score (nSPS) is 10.6. The number of carbonyl (C=O) groups is 1. The highest BCUT2D eigenvalue weighted by Gasteiger charge is 2.12. The molecule has 0 spiro atoms. The Balaban J connectivity index is 2.09. The minimum Gasteiger partial charge on any atom is -0.450 e. The fraction of sp³-hybridized carbons (Fsp3) is 0.118. The number of ether oxygens (including phenoxy) is 1. The van der Waals surface area contributed by atoms with E-state index in [2.05, 4.69) is 15.5 Å². The summed E-state index contributed by atoms with van der Waals surface area (Å²) in [5.41, 5.74) is 1.45. The van der Waals surface area contributed by atoms with Crippen LogP contribution in [0.3, 0.4) is 0 Å². The molecule has 0 unspecified atom stereocenters. The molecule has 0 saturated heterocycles. The molecule has 0 atom stereocenters. The highest BCUT2D eigenvalue weighted by molar-refractivity contribution is 6.33. The molecule has 0 fully saturated rings. The van der Waals surface area contributed by atoms with Crippen LogP contribution in [0.4, 0.5) is 10.5 Å². The molecule has 0 bridgehead atoms. The molecule has 0 radical (unpaired) electrons. The Labute approximate surface area is 142 Å². The van der Waals surface area contributed by atoms with Crippen molar-refractivity contribution >= 4 is 34.2 Å². The predicted molar refractivity (Wildman–Crippen MR) is 93.5 cm³/mol. The molecule has 6 nitrogen and oxygen atoms in total. The van der Waals surface area contributed by atoms with Crippen LogP contribution in [0.2, 0.25) is 5.02 Å². The number of aromatic amines is 1. The van der Waals surface area contributed by atoms with Gasteiger partial charge in [-0.2, -0.15) is 5.10 Å². The summed E-state index contributed by atoms with van der Waals surface area (Å²) in [5, 5.41) is 10.8. The molecular formula is C17H14ClN3O3. The monoisotopic (exact) mass is 343 g/mol. The van der Waals surface area contributed by atoms with Crippen LogP contribution in [0.5, 0.6) is 0 Å². The second-order valence-electron chi connectivity index (χ2n) is 4.99. The Morgan fingerprint density at radius 1 is 1.25 bits per heavy atom. The van der Waals surface area contributed by atoms with Crippen LogP contribution in [0.15, 0.2) is 47.3 Å². The van der Waals surface area contributed by atoms with E-state index in [1.807, 2.05) is 12.1 Å². The number of nitrogens with zero attached hydrogens (tertiary/aromatic N) is 1. The first-order valence-electron chi connectivity index (χ1n) is 7.31. The summed E-state index contributed by atoms with van der Waals surface area (Å²) < 4.78 is 4.86. The van der Waals surface area contributed by atoms with Crippen molar-refractivity contribution in [2.45, 2.75) is 6.92 Å². The summed E-state index contributed by atoms with van der Waals surface area (Å²) in [6.45, 7) is 1.98. The number of hydrogen-bond acceptors (Lipinski definition) is 4. The molecule has 2 N–H and O–H groups in total. The molecule has 0 aliphatic carbocycles. The number of anilines is 1. The van der Waals surface area contributed by atoms with Gasteiger partial charge in [0, 0.05) is 10.9 Å². The Bertz CT molecular complexity index is 969. The third kappa shape index (κ3) is 3.09. The second kappa shape index (κ2) is 6.72. The van der Waals surface area contributed by atoms with Gasteiger partial charge in [0.25, 0.3) is 5.56 Å². The SMILES string of the molecule is CCOC(=O)Nc1cc(-c2n[nH]c(=O)c3ccccc23)ccc1Cl. The first-order valence-corrected chi connectivity index (χ1v) is 7.69. The molecule has 1 aromatic heterocycles. The maximum atomic E-state index is 11.9. The quantitative estimate of drug-likeness (QED) is 0.757. The molecule has 122 valence electrons. The Hall–Kier alpha value is -2.86. The average molecular weight is 344 g/mol. The number of benzene rings is 2. The third-order valence-corrected chi connectivity index (χ3v) is 3.78. The lowest BCUT2D eigenvalue weighted by Crippen LogP contribution is -2.13. The number of fused-ring (bicyclic) bond motifs is 1. The minimum absolute atomic E-state index is 0.256. The van der Waals surface area contributed by atoms with E-state index in [1.54, 1.807) is 37.3 Å². The van der Waals surface area contributed by atoms with Gasteiger partial charge < -0.3 is 4.74 Å². The van der Waals surface area contributed by atoms with Crippen molar-refractivity contribution in [1.82, 2.24) is 10.2 Å². The molecule has 7 heteroatoms. The van der Waals surface area contributed by atoms with Crippen molar-refractivity contribution in [2.75, 3.05) is 11.9 Å². The van der Waals surface area contributed by atoms with E-state index in [9.17, 15) is 9.59 Å². The summed E-state index contributed by atoms with van der Waals surface area (Å²) >= 11 is 6.12. The number of rotatable bonds is 3. The van der Waals surface area contributed by atoms with Crippen molar-refractivity contribution in [3.05, 3.63) is 57.8 Å². The topological polar surface area (TPSA) is 84.1 Å². The zero-order chi connectivity index (χ0) is 17.1. The number of nitrogens with one attached hydrogen (secondary N) is 2. The fourth-order valence-electron chi connectivity index (χ4n) is 2.38. The lowest BCUT2D eigenvalue weighted by molar-refractivity contribution is 0.168. The van der Waals surface area contributed by atoms with E-state index in [0.717, 1.165) is 0 Å². The zero-order valence-electron chi connectivity index (χ0n) is 12.8. The molecule has 24 heavy (non-hydrogen) atoms. The average Bonchev–Trinajstić information content (AvgIpc) is 2.58. The van der Waals surface area contributed by atoms with Gasteiger partial charge in [0.05, 0.1) is 28.4 Å². The van der Waals surface area contributed by atoms with Gasteiger partial charge in [0.1, 0.15) is 0 Å². The van der Waals surface area contributed by atoms with Crippen molar-refractivity contribution in [3.63, 3.8) is 0 Å². The van der Waals surface area contributed by atoms with Gasteiger partial charge in [-0.25, -0.2) is 9.89 Å². The van der Waals surface area contributed by atoms with Crippen LogP contribution in [0, 0.1) is 0 Å². The lowest BCUT2D eigenvalue weighted by Gasteiger charge is -2.10.